The molecule has 0 saturated heterocycles. The molecular formula is C19H34O9. The Morgan fingerprint density at radius 3 is 1.71 bits per heavy atom. The summed E-state index contributed by atoms with van der Waals surface area (Å²) in [4.78, 5) is 33.1. The summed E-state index contributed by atoms with van der Waals surface area (Å²) in [5.74, 6) is -1.51. The van der Waals surface area contributed by atoms with Gasteiger partial charge in [-0.15, -0.1) is 0 Å². The van der Waals surface area contributed by atoms with Crippen LogP contribution in [0.1, 0.15) is 52.9 Å². The minimum absolute atomic E-state index is 0.0607. The first kappa shape index (κ1) is 26.3. The fourth-order valence-corrected chi connectivity index (χ4v) is 1.92. The van der Waals surface area contributed by atoms with E-state index in [-0.39, 0.29) is 51.0 Å². The van der Waals surface area contributed by atoms with Gasteiger partial charge in [0.15, 0.2) is 0 Å². The van der Waals surface area contributed by atoms with Gasteiger partial charge in [-0.05, 0) is 33.6 Å². The highest BCUT2D eigenvalue weighted by Crippen LogP contribution is 2.08. The molecule has 0 radical (unpaired) electrons. The predicted molar refractivity (Wildman–Crippen MR) is 100.0 cm³/mol. The Morgan fingerprint density at radius 1 is 0.679 bits per heavy atom. The van der Waals surface area contributed by atoms with E-state index in [0.29, 0.717) is 39.3 Å². The third kappa shape index (κ3) is 20.6. The summed E-state index contributed by atoms with van der Waals surface area (Å²) in [6.45, 7) is 7.70. The zero-order valence-corrected chi connectivity index (χ0v) is 17.2. The van der Waals surface area contributed by atoms with Crippen molar-refractivity contribution in [2.75, 3.05) is 46.2 Å². The minimum Gasteiger partial charge on any atom is -0.481 e. The van der Waals surface area contributed by atoms with Crippen molar-refractivity contribution in [3.8, 4) is 0 Å². The molecule has 0 aliphatic rings. The van der Waals surface area contributed by atoms with Gasteiger partial charge >= 0.3 is 17.9 Å². The average molecular weight is 406 g/mol. The van der Waals surface area contributed by atoms with Crippen molar-refractivity contribution < 1.29 is 43.2 Å². The Balaban J connectivity index is 3.28. The third-order valence-corrected chi connectivity index (χ3v) is 3.13. The molecule has 0 aromatic rings. The van der Waals surface area contributed by atoms with E-state index in [9.17, 15) is 14.4 Å². The zero-order valence-electron chi connectivity index (χ0n) is 17.2. The number of ether oxygens (including phenoxy) is 5. The lowest BCUT2D eigenvalue weighted by atomic mass is 10.2. The van der Waals surface area contributed by atoms with Crippen molar-refractivity contribution in [1.29, 1.82) is 0 Å². The molecular weight excluding hydrogens is 372 g/mol. The first-order valence-corrected chi connectivity index (χ1v) is 9.53. The van der Waals surface area contributed by atoms with Crippen molar-refractivity contribution in [2.24, 2.45) is 0 Å². The zero-order chi connectivity index (χ0) is 21.3. The first-order valence-electron chi connectivity index (χ1n) is 9.53. The van der Waals surface area contributed by atoms with Crippen LogP contribution in [0, 0.1) is 0 Å². The van der Waals surface area contributed by atoms with Gasteiger partial charge in [0.25, 0.3) is 0 Å². The molecule has 0 amide bonds. The molecule has 0 fully saturated rings. The van der Waals surface area contributed by atoms with Crippen molar-refractivity contribution in [2.45, 2.75) is 58.5 Å². The largest absolute Gasteiger partial charge is 0.481 e. The summed E-state index contributed by atoms with van der Waals surface area (Å²) < 4.78 is 26.0. The summed E-state index contributed by atoms with van der Waals surface area (Å²) >= 11 is 0. The molecule has 0 heterocycles. The summed E-state index contributed by atoms with van der Waals surface area (Å²) in [6.07, 6.45) is 1.44. The van der Waals surface area contributed by atoms with E-state index in [4.69, 9.17) is 28.8 Å². The number of carbonyl (C=O) groups is 3. The molecule has 1 N–H and O–H groups in total. The number of hydrogen-bond donors (Lipinski definition) is 1. The molecule has 164 valence electrons. The SMILES string of the molecule is CC(C)(C)OC(=O)CCOCCOCCOCCOC(=O)CCCCC(=O)O. The van der Waals surface area contributed by atoms with Gasteiger partial charge in [-0.3, -0.25) is 14.4 Å². The van der Waals surface area contributed by atoms with E-state index in [1.807, 2.05) is 20.8 Å². The van der Waals surface area contributed by atoms with E-state index in [1.165, 1.54) is 0 Å². The van der Waals surface area contributed by atoms with E-state index in [2.05, 4.69) is 0 Å². The first-order chi connectivity index (χ1) is 13.2. The third-order valence-electron chi connectivity index (χ3n) is 3.13. The van der Waals surface area contributed by atoms with Gasteiger partial charge in [-0.2, -0.15) is 0 Å². The molecule has 0 atom stereocenters. The second kappa shape index (κ2) is 16.3. The van der Waals surface area contributed by atoms with Gasteiger partial charge in [0.1, 0.15) is 12.2 Å². The van der Waals surface area contributed by atoms with Crippen LogP contribution >= 0.6 is 0 Å². The van der Waals surface area contributed by atoms with Crippen LogP contribution in [-0.2, 0) is 38.1 Å². The number of carboxylic acid groups (broad SMARTS) is 1. The monoisotopic (exact) mass is 406 g/mol. The average Bonchev–Trinajstić information content (AvgIpc) is 2.58. The Bertz CT molecular complexity index is 443. The van der Waals surface area contributed by atoms with Crippen LogP contribution in [0.4, 0.5) is 0 Å². The molecule has 0 rings (SSSR count). The van der Waals surface area contributed by atoms with Gasteiger partial charge in [-0.1, -0.05) is 0 Å². The summed E-state index contributed by atoms with van der Waals surface area (Å²) in [5, 5.41) is 8.48. The van der Waals surface area contributed by atoms with E-state index < -0.39 is 11.6 Å². The Kier molecular flexibility index (Phi) is 15.3. The second-order valence-corrected chi connectivity index (χ2v) is 6.99. The maximum Gasteiger partial charge on any atom is 0.308 e. The van der Waals surface area contributed by atoms with Crippen LogP contribution in [0.3, 0.4) is 0 Å². The van der Waals surface area contributed by atoms with Crippen molar-refractivity contribution in [1.82, 2.24) is 0 Å². The standard InChI is InChI=1S/C19H34O9/c1-19(2,3)28-18(23)8-9-24-10-11-25-12-13-26-14-15-27-17(22)7-5-4-6-16(20)21/h4-15H2,1-3H3,(H,20,21). The van der Waals surface area contributed by atoms with Crippen molar-refractivity contribution in [3.63, 3.8) is 0 Å². The number of rotatable bonds is 17. The topological polar surface area (TPSA) is 118 Å². The maximum atomic E-state index is 11.4. The van der Waals surface area contributed by atoms with Gasteiger partial charge in [0.2, 0.25) is 0 Å². The van der Waals surface area contributed by atoms with Gasteiger partial charge in [0.05, 0.1) is 46.1 Å². The van der Waals surface area contributed by atoms with Crippen LogP contribution in [0.5, 0.6) is 0 Å². The highest BCUT2D eigenvalue weighted by molar-refractivity contribution is 5.70. The molecule has 0 spiro atoms. The van der Waals surface area contributed by atoms with Crippen LogP contribution in [0.2, 0.25) is 0 Å². The highest BCUT2D eigenvalue weighted by Gasteiger charge is 2.15. The predicted octanol–water partition coefficient (Wildman–Crippen LogP) is 1.96. The molecule has 28 heavy (non-hydrogen) atoms. The lowest BCUT2D eigenvalue weighted by Gasteiger charge is -2.19. The van der Waals surface area contributed by atoms with E-state index in [1.54, 1.807) is 0 Å². The van der Waals surface area contributed by atoms with E-state index >= 15 is 0 Å². The fourth-order valence-electron chi connectivity index (χ4n) is 1.92. The number of aliphatic carboxylic acids is 1. The molecule has 9 nitrogen and oxygen atoms in total. The lowest BCUT2D eigenvalue weighted by molar-refractivity contribution is -0.156. The number of carboxylic acids is 1. The van der Waals surface area contributed by atoms with Gasteiger partial charge < -0.3 is 28.8 Å². The van der Waals surface area contributed by atoms with Crippen LogP contribution in [-0.4, -0.2) is 74.9 Å². The van der Waals surface area contributed by atoms with Crippen molar-refractivity contribution >= 4 is 17.9 Å². The summed E-state index contributed by atoms with van der Waals surface area (Å²) in [5.41, 5.74) is -0.486. The fraction of sp³-hybridized carbons (Fsp3) is 0.842. The van der Waals surface area contributed by atoms with Gasteiger partial charge in [-0.25, -0.2) is 0 Å². The number of carbonyl (C=O) groups excluding carboxylic acids is 2. The molecule has 0 unspecified atom stereocenters. The lowest BCUT2D eigenvalue weighted by Crippen LogP contribution is -2.24. The molecule has 0 bridgehead atoms. The van der Waals surface area contributed by atoms with Crippen LogP contribution < -0.4 is 0 Å². The molecule has 0 aromatic heterocycles. The summed E-state index contributed by atoms with van der Waals surface area (Å²) in [7, 11) is 0. The Hall–Kier alpha value is -1.71. The Morgan fingerprint density at radius 2 is 1.18 bits per heavy atom. The highest BCUT2D eigenvalue weighted by atomic mass is 16.6. The Labute approximate surface area is 166 Å². The van der Waals surface area contributed by atoms with Crippen molar-refractivity contribution in [3.05, 3.63) is 0 Å². The van der Waals surface area contributed by atoms with Gasteiger partial charge in [0, 0.05) is 12.8 Å². The normalized spacial score (nSPS) is 11.2. The molecule has 0 aliphatic carbocycles. The molecule has 0 aromatic carbocycles. The molecule has 9 heteroatoms. The number of hydrogen-bond acceptors (Lipinski definition) is 8. The molecule has 0 aliphatic heterocycles. The summed E-state index contributed by atoms with van der Waals surface area (Å²) in [6, 6.07) is 0. The number of esters is 2. The number of unbranched alkanes of at least 4 members (excludes halogenated alkanes) is 1. The van der Waals surface area contributed by atoms with E-state index in [0.717, 1.165) is 0 Å². The van der Waals surface area contributed by atoms with Crippen LogP contribution in [0.25, 0.3) is 0 Å². The van der Waals surface area contributed by atoms with Crippen LogP contribution in [0.15, 0.2) is 0 Å². The maximum absolute atomic E-state index is 11.4. The molecule has 0 saturated carbocycles. The quantitative estimate of drug-likeness (QED) is 0.286. The second-order valence-electron chi connectivity index (χ2n) is 6.99. The smallest absolute Gasteiger partial charge is 0.308 e. The minimum atomic E-state index is -0.864.